The Morgan fingerprint density at radius 3 is 3.23 bits per heavy atom. The summed E-state index contributed by atoms with van der Waals surface area (Å²) < 4.78 is 18.0. The van der Waals surface area contributed by atoms with Crippen molar-refractivity contribution < 1.29 is 14.2 Å². The lowest BCUT2D eigenvalue weighted by atomic mass is 10.2. The van der Waals surface area contributed by atoms with Gasteiger partial charge in [0.15, 0.2) is 0 Å². The molecule has 4 heteroatoms. The molecule has 1 aromatic carbocycles. The Hall–Kier alpha value is -1.29. The number of halogens is 1. The second kappa shape index (κ2) is 3.22. The summed E-state index contributed by atoms with van der Waals surface area (Å²) in [6.07, 6.45) is 0. The van der Waals surface area contributed by atoms with Crippen LogP contribution in [0.25, 0.3) is 0 Å². The number of ether oxygens (including phenoxy) is 1. The highest BCUT2D eigenvalue weighted by Gasteiger charge is 2.17. The number of benzene rings is 1. The van der Waals surface area contributed by atoms with Gasteiger partial charge in [0.05, 0.1) is 18.3 Å². The number of aliphatic hydroxyl groups excluding tert-OH is 1. The van der Waals surface area contributed by atoms with Crippen LogP contribution in [-0.2, 0) is 0 Å². The first-order valence-corrected chi connectivity index (χ1v) is 4.09. The largest absolute Gasteiger partial charge is 0.489 e. The van der Waals surface area contributed by atoms with E-state index in [4.69, 9.17) is 9.84 Å². The highest BCUT2D eigenvalue weighted by molar-refractivity contribution is 5.58. The monoisotopic (exact) mass is 183 g/mol. The van der Waals surface area contributed by atoms with Gasteiger partial charge in [-0.3, -0.25) is 0 Å². The maximum Gasteiger partial charge on any atom is 0.145 e. The van der Waals surface area contributed by atoms with Gasteiger partial charge in [0.1, 0.15) is 18.2 Å². The van der Waals surface area contributed by atoms with Gasteiger partial charge in [-0.1, -0.05) is 0 Å². The highest BCUT2D eigenvalue weighted by atomic mass is 19.1. The molecule has 3 nitrogen and oxygen atoms in total. The van der Waals surface area contributed by atoms with E-state index in [9.17, 15) is 4.39 Å². The molecule has 0 saturated carbocycles. The smallest absolute Gasteiger partial charge is 0.145 e. The number of nitrogens with one attached hydrogen (secondary N) is 1. The Kier molecular flexibility index (Phi) is 2.06. The van der Waals surface area contributed by atoms with Crippen LogP contribution in [0.5, 0.6) is 5.75 Å². The maximum absolute atomic E-state index is 12.7. The number of fused-ring (bicyclic) bond motifs is 1. The Balaban J connectivity index is 2.26. The molecule has 2 N–H and O–H groups in total. The summed E-state index contributed by atoms with van der Waals surface area (Å²) in [5.74, 6) is 0.188. The van der Waals surface area contributed by atoms with Gasteiger partial charge in [-0.25, -0.2) is 4.39 Å². The third kappa shape index (κ3) is 1.58. The average Bonchev–Trinajstić information content (AvgIpc) is 2.17. The molecule has 1 atom stereocenters. The normalized spacial score (nSPS) is 20.0. The Bertz CT molecular complexity index is 316. The van der Waals surface area contributed by atoms with E-state index in [0.29, 0.717) is 12.4 Å². The standard InChI is InChI=1S/C9H10FNO2/c10-6-1-2-8-9(3-6)13-5-7(4-12)11-8/h1-3,7,11-12H,4-5H2/t7-/m0/s1. The van der Waals surface area contributed by atoms with Crippen molar-refractivity contribution in [2.24, 2.45) is 0 Å². The molecular formula is C9H10FNO2. The van der Waals surface area contributed by atoms with E-state index < -0.39 is 0 Å². The lowest BCUT2D eigenvalue weighted by Crippen LogP contribution is -2.34. The van der Waals surface area contributed by atoms with E-state index >= 15 is 0 Å². The molecular weight excluding hydrogens is 173 g/mol. The number of anilines is 1. The molecule has 1 aliphatic rings. The SMILES string of the molecule is OC[C@H]1COc2cc(F)ccc2N1. The summed E-state index contributed by atoms with van der Waals surface area (Å²) in [6, 6.07) is 4.19. The van der Waals surface area contributed by atoms with E-state index in [1.54, 1.807) is 6.07 Å². The lowest BCUT2D eigenvalue weighted by molar-refractivity contribution is 0.207. The second-order valence-electron chi connectivity index (χ2n) is 2.98. The molecule has 0 spiro atoms. The minimum Gasteiger partial charge on any atom is -0.489 e. The molecule has 0 radical (unpaired) electrons. The summed E-state index contributed by atoms with van der Waals surface area (Å²) >= 11 is 0. The molecule has 0 amide bonds. The van der Waals surface area contributed by atoms with Crippen molar-refractivity contribution in [3.05, 3.63) is 24.0 Å². The van der Waals surface area contributed by atoms with Crippen molar-refractivity contribution in [2.75, 3.05) is 18.5 Å². The summed E-state index contributed by atoms with van der Waals surface area (Å²) in [7, 11) is 0. The van der Waals surface area contributed by atoms with Gasteiger partial charge < -0.3 is 15.2 Å². The Labute approximate surface area is 75.1 Å². The van der Waals surface area contributed by atoms with E-state index in [2.05, 4.69) is 5.32 Å². The van der Waals surface area contributed by atoms with E-state index in [-0.39, 0.29) is 18.5 Å². The molecule has 1 aliphatic heterocycles. The van der Waals surface area contributed by atoms with Crippen molar-refractivity contribution in [3.63, 3.8) is 0 Å². The molecule has 1 aromatic rings. The molecule has 0 bridgehead atoms. The van der Waals surface area contributed by atoms with Gasteiger partial charge in [-0.15, -0.1) is 0 Å². The van der Waals surface area contributed by atoms with Crippen LogP contribution in [0.15, 0.2) is 18.2 Å². The van der Waals surface area contributed by atoms with Crippen LogP contribution in [0.2, 0.25) is 0 Å². The molecule has 0 saturated heterocycles. The molecule has 0 aliphatic carbocycles. The van der Waals surface area contributed by atoms with E-state index in [0.717, 1.165) is 5.69 Å². The minimum atomic E-state index is -0.317. The molecule has 2 rings (SSSR count). The highest BCUT2D eigenvalue weighted by Crippen LogP contribution is 2.29. The van der Waals surface area contributed by atoms with Crippen molar-refractivity contribution in [1.29, 1.82) is 0 Å². The summed E-state index contributed by atoms with van der Waals surface area (Å²) in [4.78, 5) is 0. The van der Waals surface area contributed by atoms with E-state index in [1.807, 2.05) is 0 Å². The van der Waals surface area contributed by atoms with Crippen molar-refractivity contribution in [1.82, 2.24) is 0 Å². The molecule has 13 heavy (non-hydrogen) atoms. The van der Waals surface area contributed by atoms with Gasteiger partial charge in [-0.05, 0) is 12.1 Å². The van der Waals surface area contributed by atoms with E-state index in [1.165, 1.54) is 12.1 Å². The van der Waals surface area contributed by atoms with Gasteiger partial charge in [0, 0.05) is 6.07 Å². The number of hydrogen-bond acceptors (Lipinski definition) is 3. The Morgan fingerprint density at radius 1 is 1.62 bits per heavy atom. The zero-order valence-corrected chi connectivity index (χ0v) is 6.96. The van der Waals surface area contributed by atoms with Gasteiger partial charge in [-0.2, -0.15) is 0 Å². The second-order valence-corrected chi connectivity index (χ2v) is 2.98. The molecule has 0 unspecified atom stereocenters. The summed E-state index contributed by atoms with van der Waals surface area (Å²) in [6.45, 7) is 0.379. The third-order valence-electron chi connectivity index (χ3n) is 1.96. The average molecular weight is 183 g/mol. The van der Waals surface area contributed by atoms with Crippen LogP contribution in [0, 0.1) is 5.82 Å². The first kappa shape index (κ1) is 8.31. The van der Waals surface area contributed by atoms with Crippen molar-refractivity contribution >= 4 is 5.69 Å². The number of aliphatic hydroxyl groups is 1. The quantitative estimate of drug-likeness (QED) is 0.682. The van der Waals surface area contributed by atoms with Gasteiger partial charge in [0.25, 0.3) is 0 Å². The van der Waals surface area contributed by atoms with Crippen LogP contribution < -0.4 is 10.1 Å². The van der Waals surface area contributed by atoms with Gasteiger partial charge >= 0.3 is 0 Å². The summed E-state index contributed by atoms with van der Waals surface area (Å²) in [5.41, 5.74) is 0.728. The zero-order chi connectivity index (χ0) is 9.26. The summed E-state index contributed by atoms with van der Waals surface area (Å²) in [5, 5.41) is 11.9. The first-order chi connectivity index (χ1) is 6.29. The van der Waals surface area contributed by atoms with Crippen molar-refractivity contribution in [3.8, 4) is 5.75 Å². The predicted octanol–water partition coefficient (Wildman–Crippen LogP) is 0.991. The molecule has 0 aromatic heterocycles. The molecule has 70 valence electrons. The number of hydrogen-bond donors (Lipinski definition) is 2. The van der Waals surface area contributed by atoms with Crippen LogP contribution in [-0.4, -0.2) is 24.4 Å². The maximum atomic E-state index is 12.7. The topological polar surface area (TPSA) is 41.5 Å². The number of rotatable bonds is 1. The van der Waals surface area contributed by atoms with Crippen LogP contribution in [0.4, 0.5) is 10.1 Å². The van der Waals surface area contributed by atoms with Crippen LogP contribution >= 0.6 is 0 Å². The van der Waals surface area contributed by atoms with Crippen LogP contribution in [0.1, 0.15) is 0 Å². The fraction of sp³-hybridized carbons (Fsp3) is 0.333. The first-order valence-electron chi connectivity index (χ1n) is 4.09. The Morgan fingerprint density at radius 2 is 2.46 bits per heavy atom. The van der Waals surface area contributed by atoms with Crippen molar-refractivity contribution in [2.45, 2.75) is 6.04 Å². The third-order valence-corrected chi connectivity index (χ3v) is 1.96. The zero-order valence-electron chi connectivity index (χ0n) is 6.96. The fourth-order valence-corrected chi connectivity index (χ4v) is 1.29. The minimum absolute atomic E-state index is 0.0107. The molecule has 0 fully saturated rings. The van der Waals surface area contributed by atoms with Gasteiger partial charge in [0.2, 0.25) is 0 Å². The lowest BCUT2D eigenvalue weighted by Gasteiger charge is -2.25. The molecule has 1 heterocycles. The van der Waals surface area contributed by atoms with Crippen LogP contribution in [0.3, 0.4) is 0 Å². The predicted molar refractivity (Wildman–Crippen MR) is 46.4 cm³/mol. The fourth-order valence-electron chi connectivity index (χ4n) is 1.29.